The van der Waals surface area contributed by atoms with Gasteiger partial charge in [0.05, 0.1) is 18.3 Å². The number of benzene rings is 1. The van der Waals surface area contributed by atoms with Gasteiger partial charge in [0.2, 0.25) is 0 Å². The topological polar surface area (TPSA) is 103 Å². The monoisotopic (exact) mass is 274 g/mol. The average Bonchev–Trinajstić information content (AvgIpc) is 3.00. The second-order valence-corrected chi connectivity index (χ2v) is 4.16. The highest BCUT2D eigenvalue weighted by atomic mass is 16.4. The van der Waals surface area contributed by atoms with Crippen LogP contribution in [0.15, 0.2) is 39.7 Å². The predicted molar refractivity (Wildman–Crippen MR) is 67.5 cm³/mol. The first-order valence-electron chi connectivity index (χ1n) is 5.87. The van der Waals surface area contributed by atoms with Crippen molar-refractivity contribution in [3.63, 3.8) is 0 Å². The summed E-state index contributed by atoms with van der Waals surface area (Å²) >= 11 is 0. The highest BCUT2D eigenvalue weighted by molar-refractivity contribution is 5.84. The number of carboxylic acids is 1. The Morgan fingerprint density at radius 2 is 2.10 bits per heavy atom. The molecule has 0 atom stereocenters. The van der Waals surface area contributed by atoms with Gasteiger partial charge in [-0.25, -0.2) is 14.3 Å². The summed E-state index contributed by atoms with van der Waals surface area (Å²) in [6.07, 6.45) is 1.32. The molecule has 2 aromatic heterocycles. The maximum atomic E-state index is 11.7. The lowest BCUT2D eigenvalue weighted by molar-refractivity contribution is 0.0690. The Morgan fingerprint density at radius 3 is 2.85 bits per heavy atom. The first-order chi connectivity index (χ1) is 9.65. The van der Waals surface area contributed by atoms with Crippen molar-refractivity contribution >= 4 is 17.1 Å². The lowest BCUT2D eigenvalue weighted by Gasteiger charge is -2.01. The molecule has 1 aromatic carbocycles. The molecule has 0 amide bonds. The molecule has 3 aromatic rings. The van der Waals surface area contributed by atoms with Gasteiger partial charge in [0.1, 0.15) is 0 Å². The Balaban J connectivity index is 1.84. The van der Waals surface area contributed by atoms with Gasteiger partial charge in [0, 0.05) is 6.54 Å². The number of aromatic carboxylic acids is 1. The minimum atomic E-state index is -1.14. The van der Waals surface area contributed by atoms with Crippen LogP contribution in [0.3, 0.4) is 0 Å². The van der Waals surface area contributed by atoms with E-state index < -0.39 is 11.7 Å². The Labute approximate surface area is 111 Å². The molecule has 1 N–H and O–H groups in total. The van der Waals surface area contributed by atoms with E-state index in [2.05, 4.69) is 10.3 Å². The zero-order valence-corrected chi connectivity index (χ0v) is 10.3. The minimum Gasteiger partial charge on any atom is -0.476 e. The van der Waals surface area contributed by atoms with E-state index in [0.29, 0.717) is 24.2 Å². The largest absolute Gasteiger partial charge is 0.476 e. The second kappa shape index (κ2) is 4.65. The molecule has 0 aliphatic carbocycles. The lowest BCUT2D eigenvalue weighted by Crippen LogP contribution is -2.18. The van der Waals surface area contributed by atoms with E-state index in [1.54, 1.807) is 18.2 Å². The quantitative estimate of drug-likeness (QED) is 0.746. The Hall–Kier alpha value is -2.90. The van der Waals surface area contributed by atoms with Crippen LogP contribution in [0.1, 0.15) is 10.5 Å². The van der Waals surface area contributed by atoms with E-state index >= 15 is 0 Å². The standard InChI is InChI=1S/C12H10N4O4/c17-11(18)8-7-15(14-13-8)5-6-16-9-3-1-2-4-10(9)20-12(16)19/h1-4,7H,5-6H2,(H,17,18). The van der Waals surface area contributed by atoms with E-state index in [9.17, 15) is 9.59 Å². The summed E-state index contributed by atoms with van der Waals surface area (Å²) in [5.41, 5.74) is 1.08. The Morgan fingerprint density at radius 1 is 1.30 bits per heavy atom. The fourth-order valence-corrected chi connectivity index (χ4v) is 1.93. The number of aryl methyl sites for hydroxylation is 2. The van der Waals surface area contributed by atoms with Crippen molar-refractivity contribution in [1.82, 2.24) is 19.6 Å². The number of aromatic nitrogens is 4. The Kier molecular flexibility index (Phi) is 2.82. The van der Waals surface area contributed by atoms with E-state index in [1.807, 2.05) is 6.07 Å². The van der Waals surface area contributed by atoms with Gasteiger partial charge in [-0.2, -0.15) is 0 Å². The van der Waals surface area contributed by atoms with Crippen LogP contribution < -0.4 is 5.76 Å². The van der Waals surface area contributed by atoms with Gasteiger partial charge >= 0.3 is 11.7 Å². The van der Waals surface area contributed by atoms with Crippen LogP contribution >= 0.6 is 0 Å². The van der Waals surface area contributed by atoms with Gasteiger partial charge in [0.25, 0.3) is 0 Å². The molecular formula is C12H10N4O4. The SMILES string of the molecule is O=C(O)c1cn(CCn2c(=O)oc3ccccc32)nn1. The molecule has 0 saturated heterocycles. The molecule has 3 rings (SSSR count). The maximum Gasteiger partial charge on any atom is 0.420 e. The molecular weight excluding hydrogens is 264 g/mol. The van der Waals surface area contributed by atoms with E-state index in [-0.39, 0.29) is 5.69 Å². The number of oxazole rings is 1. The molecule has 0 aliphatic heterocycles. The minimum absolute atomic E-state index is 0.130. The highest BCUT2D eigenvalue weighted by Crippen LogP contribution is 2.11. The van der Waals surface area contributed by atoms with E-state index in [4.69, 9.17) is 9.52 Å². The number of carboxylic acid groups (broad SMARTS) is 1. The number of hydrogen-bond acceptors (Lipinski definition) is 5. The number of nitrogens with zero attached hydrogens (tertiary/aromatic N) is 4. The molecule has 0 unspecified atom stereocenters. The third-order valence-corrected chi connectivity index (χ3v) is 2.88. The summed E-state index contributed by atoms with van der Waals surface area (Å²) in [5.74, 6) is -1.59. The molecule has 0 bridgehead atoms. The van der Waals surface area contributed by atoms with Crippen LogP contribution in [0.2, 0.25) is 0 Å². The fourth-order valence-electron chi connectivity index (χ4n) is 1.93. The number of rotatable bonds is 4. The van der Waals surface area contributed by atoms with Crippen LogP contribution in [0, 0.1) is 0 Å². The molecule has 20 heavy (non-hydrogen) atoms. The predicted octanol–water partition coefficient (Wildman–Crippen LogP) is 0.584. The molecule has 0 fully saturated rings. The molecule has 8 heteroatoms. The van der Waals surface area contributed by atoms with Crippen molar-refractivity contribution < 1.29 is 14.3 Å². The first-order valence-corrected chi connectivity index (χ1v) is 5.87. The van der Waals surface area contributed by atoms with Crippen molar-refractivity contribution in [3.8, 4) is 0 Å². The van der Waals surface area contributed by atoms with Crippen LogP contribution in [-0.4, -0.2) is 30.6 Å². The third kappa shape index (κ3) is 2.07. The summed E-state index contributed by atoms with van der Waals surface area (Å²) in [4.78, 5) is 22.4. The van der Waals surface area contributed by atoms with Crippen LogP contribution in [0.25, 0.3) is 11.1 Å². The molecule has 2 heterocycles. The van der Waals surface area contributed by atoms with Gasteiger partial charge < -0.3 is 9.52 Å². The molecule has 0 aliphatic rings. The number of carbonyl (C=O) groups is 1. The first kappa shape index (κ1) is 12.2. The van der Waals surface area contributed by atoms with Gasteiger partial charge in [0.15, 0.2) is 11.3 Å². The molecule has 102 valence electrons. The van der Waals surface area contributed by atoms with Crippen LogP contribution in [0.5, 0.6) is 0 Å². The van der Waals surface area contributed by atoms with Gasteiger partial charge in [-0.3, -0.25) is 4.57 Å². The van der Waals surface area contributed by atoms with Crippen LogP contribution in [0.4, 0.5) is 0 Å². The second-order valence-electron chi connectivity index (χ2n) is 4.16. The summed E-state index contributed by atoms with van der Waals surface area (Å²) < 4.78 is 7.94. The summed E-state index contributed by atoms with van der Waals surface area (Å²) in [5, 5.41) is 15.9. The molecule has 8 nitrogen and oxygen atoms in total. The van der Waals surface area contributed by atoms with Crippen molar-refractivity contribution in [1.29, 1.82) is 0 Å². The summed E-state index contributed by atoms with van der Waals surface area (Å²) in [7, 11) is 0. The number of para-hydroxylation sites is 2. The van der Waals surface area contributed by atoms with E-state index in [0.717, 1.165) is 0 Å². The van der Waals surface area contributed by atoms with Crippen molar-refractivity contribution in [2.75, 3.05) is 0 Å². The van der Waals surface area contributed by atoms with Crippen molar-refractivity contribution in [2.45, 2.75) is 13.1 Å². The summed E-state index contributed by atoms with van der Waals surface area (Å²) in [6.45, 7) is 0.641. The fraction of sp³-hybridized carbons (Fsp3) is 0.167. The van der Waals surface area contributed by atoms with Gasteiger partial charge in [-0.15, -0.1) is 5.10 Å². The van der Waals surface area contributed by atoms with Gasteiger partial charge in [-0.1, -0.05) is 17.3 Å². The molecule has 0 spiro atoms. The van der Waals surface area contributed by atoms with Gasteiger partial charge in [-0.05, 0) is 12.1 Å². The normalized spacial score (nSPS) is 11.0. The smallest absolute Gasteiger partial charge is 0.420 e. The molecule has 0 radical (unpaired) electrons. The van der Waals surface area contributed by atoms with Crippen LogP contribution in [-0.2, 0) is 13.1 Å². The third-order valence-electron chi connectivity index (χ3n) is 2.88. The van der Waals surface area contributed by atoms with Crippen molar-refractivity contribution in [3.05, 3.63) is 46.7 Å². The van der Waals surface area contributed by atoms with Crippen molar-refractivity contribution in [2.24, 2.45) is 0 Å². The zero-order valence-electron chi connectivity index (χ0n) is 10.3. The highest BCUT2D eigenvalue weighted by Gasteiger charge is 2.10. The zero-order chi connectivity index (χ0) is 14.1. The van der Waals surface area contributed by atoms with E-state index in [1.165, 1.54) is 15.4 Å². The molecule has 0 saturated carbocycles. The average molecular weight is 274 g/mol. The Bertz CT molecular complexity index is 829. The lowest BCUT2D eigenvalue weighted by atomic mass is 10.3. The summed E-state index contributed by atoms with van der Waals surface area (Å²) in [6, 6.07) is 7.09. The number of fused-ring (bicyclic) bond motifs is 1. The maximum absolute atomic E-state index is 11.7. The number of hydrogen-bond donors (Lipinski definition) is 1.